The maximum Gasteiger partial charge on any atom is 0.266 e. The second kappa shape index (κ2) is 10.3. The fourth-order valence-electron chi connectivity index (χ4n) is 2.82. The molecule has 156 valence electrons. The van der Waals surface area contributed by atoms with Crippen LogP contribution in [0.2, 0.25) is 0 Å². The Morgan fingerprint density at radius 2 is 1.93 bits per heavy atom. The number of thioether (sulfide) groups is 1. The molecule has 1 aliphatic heterocycles. The Hall–Kier alpha value is -2.84. The van der Waals surface area contributed by atoms with Crippen LogP contribution >= 0.6 is 24.0 Å². The first-order chi connectivity index (χ1) is 14.5. The van der Waals surface area contributed by atoms with Crippen LogP contribution in [-0.4, -0.2) is 41.3 Å². The Kier molecular flexibility index (Phi) is 7.48. The minimum absolute atomic E-state index is 0.128. The summed E-state index contributed by atoms with van der Waals surface area (Å²) in [5, 5.41) is 2.83. The predicted molar refractivity (Wildman–Crippen MR) is 124 cm³/mol. The summed E-state index contributed by atoms with van der Waals surface area (Å²) in [5.41, 5.74) is 1.48. The number of hydrogen-bond acceptors (Lipinski definition) is 6. The van der Waals surface area contributed by atoms with Crippen LogP contribution in [0.4, 0.5) is 5.69 Å². The van der Waals surface area contributed by atoms with Crippen molar-refractivity contribution in [2.45, 2.75) is 13.3 Å². The van der Waals surface area contributed by atoms with Gasteiger partial charge in [-0.1, -0.05) is 48.2 Å². The van der Waals surface area contributed by atoms with Gasteiger partial charge in [-0.05, 0) is 42.8 Å². The quantitative estimate of drug-likeness (QED) is 0.485. The Bertz CT molecular complexity index is 973. The van der Waals surface area contributed by atoms with Crippen molar-refractivity contribution in [2.75, 3.05) is 25.6 Å². The highest BCUT2D eigenvalue weighted by atomic mass is 32.2. The molecule has 0 aromatic heterocycles. The monoisotopic (exact) mass is 442 g/mol. The summed E-state index contributed by atoms with van der Waals surface area (Å²) in [6, 6.07) is 14.6. The smallest absolute Gasteiger partial charge is 0.266 e. The summed E-state index contributed by atoms with van der Waals surface area (Å²) < 4.78 is 11.1. The lowest BCUT2D eigenvalue weighted by Crippen LogP contribution is -2.31. The van der Waals surface area contributed by atoms with Crippen molar-refractivity contribution in [2.24, 2.45) is 0 Å². The number of hydrogen-bond donors (Lipinski definition) is 1. The van der Waals surface area contributed by atoms with Crippen molar-refractivity contribution in [3.8, 4) is 11.5 Å². The van der Waals surface area contributed by atoms with E-state index >= 15 is 0 Å². The lowest BCUT2D eigenvalue weighted by atomic mass is 10.2. The minimum atomic E-state index is -0.213. The summed E-state index contributed by atoms with van der Waals surface area (Å²) in [7, 11) is 1.60. The SMILES string of the molecule is CCOc1ccccc1NC(=O)CCN1C(=O)/C(=C/c2ccc(OC)cc2)SC1=S. The van der Waals surface area contributed by atoms with Crippen molar-refractivity contribution in [1.82, 2.24) is 4.90 Å². The summed E-state index contributed by atoms with van der Waals surface area (Å²) >= 11 is 6.58. The Morgan fingerprint density at radius 1 is 1.20 bits per heavy atom. The van der Waals surface area contributed by atoms with E-state index in [4.69, 9.17) is 21.7 Å². The van der Waals surface area contributed by atoms with E-state index in [0.717, 1.165) is 11.3 Å². The van der Waals surface area contributed by atoms with E-state index in [9.17, 15) is 9.59 Å². The number of carbonyl (C=O) groups is 2. The first-order valence-electron chi connectivity index (χ1n) is 9.43. The minimum Gasteiger partial charge on any atom is -0.497 e. The number of benzene rings is 2. The van der Waals surface area contributed by atoms with Crippen LogP contribution in [0.15, 0.2) is 53.4 Å². The van der Waals surface area contributed by atoms with Gasteiger partial charge in [0.2, 0.25) is 5.91 Å². The number of amides is 2. The van der Waals surface area contributed by atoms with E-state index in [1.54, 1.807) is 25.3 Å². The van der Waals surface area contributed by atoms with Gasteiger partial charge in [0.15, 0.2) is 0 Å². The molecule has 2 aromatic carbocycles. The molecule has 0 atom stereocenters. The Balaban J connectivity index is 1.60. The lowest BCUT2D eigenvalue weighted by Gasteiger charge is -2.15. The Morgan fingerprint density at radius 3 is 2.63 bits per heavy atom. The van der Waals surface area contributed by atoms with E-state index in [-0.39, 0.29) is 24.8 Å². The molecule has 0 radical (unpaired) electrons. The van der Waals surface area contributed by atoms with Crippen LogP contribution in [0.25, 0.3) is 6.08 Å². The Labute approximate surface area is 185 Å². The fourth-order valence-corrected chi connectivity index (χ4v) is 4.13. The standard InChI is InChI=1S/C22H22N2O4S2/c1-3-28-18-7-5-4-6-17(18)23-20(25)12-13-24-21(26)19(30-22(24)29)14-15-8-10-16(27-2)11-9-15/h4-11,14H,3,12-13H2,1-2H3,(H,23,25)/b19-14-. The molecule has 0 unspecified atom stereocenters. The number of ether oxygens (including phenoxy) is 2. The molecule has 0 saturated carbocycles. The molecule has 0 bridgehead atoms. The molecular weight excluding hydrogens is 420 g/mol. The van der Waals surface area contributed by atoms with Crippen molar-refractivity contribution < 1.29 is 19.1 Å². The molecule has 2 aromatic rings. The number of anilines is 1. The maximum absolute atomic E-state index is 12.7. The average Bonchev–Trinajstić information content (AvgIpc) is 3.01. The van der Waals surface area contributed by atoms with Gasteiger partial charge in [-0.2, -0.15) is 0 Å². The molecule has 0 spiro atoms. The topological polar surface area (TPSA) is 67.9 Å². The number of methoxy groups -OCH3 is 1. The highest BCUT2D eigenvalue weighted by Gasteiger charge is 2.32. The molecule has 0 aliphatic carbocycles. The number of thiocarbonyl (C=S) groups is 1. The third kappa shape index (κ3) is 5.40. The molecule has 30 heavy (non-hydrogen) atoms. The van der Waals surface area contributed by atoms with Gasteiger partial charge in [-0.3, -0.25) is 14.5 Å². The summed E-state index contributed by atoms with van der Waals surface area (Å²) in [5.74, 6) is 0.955. The second-order valence-corrected chi connectivity index (χ2v) is 8.01. The largest absolute Gasteiger partial charge is 0.497 e. The summed E-state index contributed by atoms with van der Waals surface area (Å²) in [4.78, 5) is 27.1. The van der Waals surface area contributed by atoms with Gasteiger partial charge in [-0.15, -0.1) is 0 Å². The van der Waals surface area contributed by atoms with Gasteiger partial charge >= 0.3 is 0 Å². The van der Waals surface area contributed by atoms with Crippen molar-refractivity contribution in [3.05, 3.63) is 59.0 Å². The van der Waals surface area contributed by atoms with Gasteiger partial charge in [0.05, 0.1) is 24.3 Å². The van der Waals surface area contributed by atoms with Gasteiger partial charge < -0.3 is 14.8 Å². The first kappa shape index (κ1) is 21.9. The molecule has 1 saturated heterocycles. The zero-order chi connectivity index (χ0) is 21.5. The van der Waals surface area contributed by atoms with Crippen molar-refractivity contribution in [1.29, 1.82) is 0 Å². The third-order valence-corrected chi connectivity index (χ3v) is 5.69. The lowest BCUT2D eigenvalue weighted by molar-refractivity contribution is -0.122. The molecule has 6 nitrogen and oxygen atoms in total. The molecular formula is C22H22N2O4S2. The molecule has 1 N–H and O–H groups in total. The molecule has 1 fully saturated rings. The first-order valence-corrected chi connectivity index (χ1v) is 10.7. The van der Waals surface area contributed by atoms with Crippen LogP contribution in [0.5, 0.6) is 11.5 Å². The molecule has 2 amide bonds. The number of rotatable bonds is 8. The molecule has 1 heterocycles. The maximum atomic E-state index is 12.7. The third-order valence-electron chi connectivity index (χ3n) is 4.31. The van der Waals surface area contributed by atoms with E-state index in [1.165, 1.54) is 16.7 Å². The van der Waals surface area contributed by atoms with E-state index in [1.807, 2.05) is 43.3 Å². The van der Waals surface area contributed by atoms with Gasteiger partial charge in [0.1, 0.15) is 15.8 Å². The normalized spacial score (nSPS) is 14.9. The van der Waals surface area contributed by atoms with Crippen molar-refractivity contribution >= 4 is 51.9 Å². The van der Waals surface area contributed by atoms with Gasteiger partial charge in [0, 0.05) is 13.0 Å². The van der Waals surface area contributed by atoms with Crippen LogP contribution in [0, 0.1) is 0 Å². The van der Waals surface area contributed by atoms with E-state index in [2.05, 4.69) is 5.32 Å². The van der Waals surface area contributed by atoms with Gasteiger partial charge in [-0.25, -0.2) is 0 Å². The highest BCUT2D eigenvalue weighted by Crippen LogP contribution is 2.33. The summed E-state index contributed by atoms with van der Waals surface area (Å²) in [6.07, 6.45) is 1.92. The van der Waals surface area contributed by atoms with Crippen LogP contribution in [-0.2, 0) is 9.59 Å². The number of nitrogens with one attached hydrogen (secondary N) is 1. The zero-order valence-corrected chi connectivity index (χ0v) is 18.3. The second-order valence-electron chi connectivity index (χ2n) is 6.33. The van der Waals surface area contributed by atoms with E-state index < -0.39 is 0 Å². The predicted octanol–water partition coefficient (Wildman–Crippen LogP) is 4.32. The number of para-hydroxylation sites is 2. The van der Waals surface area contributed by atoms with Crippen LogP contribution in [0.1, 0.15) is 18.9 Å². The molecule has 8 heteroatoms. The number of nitrogens with zero attached hydrogens (tertiary/aromatic N) is 1. The van der Waals surface area contributed by atoms with Crippen LogP contribution < -0.4 is 14.8 Å². The zero-order valence-electron chi connectivity index (χ0n) is 16.7. The van der Waals surface area contributed by atoms with Crippen LogP contribution in [0.3, 0.4) is 0 Å². The highest BCUT2D eigenvalue weighted by molar-refractivity contribution is 8.26. The van der Waals surface area contributed by atoms with Crippen molar-refractivity contribution in [3.63, 3.8) is 0 Å². The number of carbonyl (C=O) groups excluding carboxylic acids is 2. The molecule has 3 rings (SSSR count). The average molecular weight is 443 g/mol. The molecule has 1 aliphatic rings. The fraction of sp³-hybridized carbons (Fsp3) is 0.227. The summed E-state index contributed by atoms with van der Waals surface area (Å²) in [6.45, 7) is 2.60. The van der Waals surface area contributed by atoms with E-state index in [0.29, 0.717) is 27.3 Å². The van der Waals surface area contributed by atoms with Gasteiger partial charge in [0.25, 0.3) is 5.91 Å².